The number of hydrogen-bond donors (Lipinski definition) is 1. The van der Waals surface area contributed by atoms with Crippen molar-refractivity contribution in [2.75, 3.05) is 32.6 Å². The molecular formula is C15H17N4O2+. The van der Waals surface area contributed by atoms with Gasteiger partial charge in [0.05, 0.1) is 37.2 Å². The van der Waals surface area contributed by atoms with Crippen LogP contribution in [0.25, 0.3) is 11.1 Å². The van der Waals surface area contributed by atoms with E-state index in [-0.39, 0.29) is 0 Å². The second-order valence-corrected chi connectivity index (χ2v) is 4.67. The van der Waals surface area contributed by atoms with Gasteiger partial charge in [0.2, 0.25) is 5.88 Å². The number of anilines is 1. The largest absolute Gasteiger partial charge is 0.481 e. The molecule has 0 fully saturated rings. The highest BCUT2D eigenvalue weighted by atomic mass is 16.5. The van der Waals surface area contributed by atoms with Crippen molar-refractivity contribution in [2.45, 2.75) is 0 Å². The van der Waals surface area contributed by atoms with Crippen molar-refractivity contribution in [1.29, 1.82) is 0 Å². The molecule has 1 aliphatic heterocycles. The molecule has 0 saturated heterocycles. The second kappa shape index (κ2) is 5.88. The van der Waals surface area contributed by atoms with E-state index >= 15 is 0 Å². The topological polar surface area (TPSA) is 73.3 Å². The quantitative estimate of drug-likeness (QED) is 0.865. The van der Waals surface area contributed by atoms with E-state index in [0.29, 0.717) is 24.8 Å². The smallest absolute Gasteiger partial charge is 0.324 e. The minimum atomic E-state index is 0.574. The zero-order chi connectivity index (χ0) is 14.7. The first kappa shape index (κ1) is 13.5. The van der Waals surface area contributed by atoms with Gasteiger partial charge in [-0.05, 0) is 11.1 Å². The zero-order valence-electron chi connectivity index (χ0n) is 11.8. The van der Waals surface area contributed by atoms with E-state index in [4.69, 9.17) is 15.2 Å². The SMILES string of the molecule is COc1ccc(-c2cnc([N+]3=CCOCC3)cc2N)cn1. The molecular weight excluding hydrogens is 268 g/mol. The molecule has 0 aromatic carbocycles. The lowest BCUT2D eigenvalue weighted by Crippen LogP contribution is -2.23. The Morgan fingerprint density at radius 2 is 2.19 bits per heavy atom. The molecule has 3 heterocycles. The van der Waals surface area contributed by atoms with Crippen molar-refractivity contribution < 1.29 is 14.0 Å². The first-order valence-corrected chi connectivity index (χ1v) is 6.71. The number of rotatable bonds is 3. The van der Waals surface area contributed by atoms with Crippen LogP contribution in [0.2, 0.25) is 0 Å². The maximum atomic E-state index is 6.16. The van der Waals surface area contributed by atoms with E-state index in [1.54, 1.807) is 25.6 Å². The van der Waals surface area contributed by atoms with Crippen molar-refractivity contribution >= 4 is 17.7 Å². The summed E-state index contributed by atoms with van der Waals surface area (Å²) in [7, 11) is 1.59. The fourth-order valence-electron chi connectivity index (χ4n) is 2.21. The van der Waals surface area contributed by atoms with Crippen LogP contribution < -0.4 is 10.5 Å². The lowest BCUT2D eigenvalue weighted by molar-refractivity contribution is -0.454. The molecule has 0 atom stereocenters. The fourth-order valence-corrected chi connectivity index (χ4v) is 2.21. The fraction of sp³-hybridized carbons (Fsp3) is 0.267. The standard InChI is InChI=1S/C15H17N4O2/c1-20-15-3-2-11(9-18-15)12-10-17-14(8-13(12)16)19-4-6-21-7-5-19/h2-4,8-10H,5-7H2,1H3,(H2,16,17)/q+1. The summed E-state index contributed by atoms with van der Waals surface area (Å²) >= 11 is 0. The molecule has 2 aromatic heterocycles. The second-order valence-electron chi connectivity index (χ2n) is 4.67. The molecule has 6 nitrogen and oxygen atoms in total. The Bertz CT molecular complexity index is 668. The average molecular weight is 285 g/mol. The van der Waals surface area contributed by atoms with Crippen LogP contribution in [0.1, 0.15) is 0 Å². The molecule has 0 spiro atoms. The van der Waals surface area contributed by atoms with E-state index in [9.17, 15) is 0 Å². The molecule has 0 saturated carbocycles. The van der Waals surface area contributed by atoms with Crippen LogP contribution in [0.4, 0.5) is 11.5 Å². The molecule has 2 N–H and O–H groups in total. The van der Waals surface area contributed by atoms with Crippen LogP contribution in [-0.4, -0.2) is 47.6 Å². The van der Waals surface area contributed by atoms with E-state index in [0.717, 1.165) is 23.5 Å². The molecule has 21 heavy (non-hydrogen) atoms. The summed E-state index contributed by atoms with van der Waals surface area (Å²) in [5.74, 6) is 1.41. The van der Waals surface area contributed by atoms with Crippen LogP contribution in [0, 0.1) is 0 Å². The van der Waals surface area contributed by atoms with Crippen LogP contribution >= 0.6 is 0 Å². The van der Waals surface area contributed by atoms with Gasteiger partial charge in [-0.15, -0.1) is 0 Å². The lowest BCUT2D eigenvalue weighted by Gasteiger charge is -2.11. The Morgan fingerprint density at radius 3 is 2.81 bits per heavy atom. The summed E-state index contributed by atoms with van der Waals surface area (Å²) < 4.78 is 12.4. The van der Waals surface area contributed by atoms with Gasteiger partial charge in [0.1, 0.15) is 19.3 Å². The zero-order valence-corrected chi connectivity index (χ0v) is 11.8. The molecule has 0 radical (unpaired) electrons. The molecule has 0 amide bonds. The van der Waals surface area contributed by atoms with Gasteiger partial charge in [-0.25, -0.2) is 9.56 Å². The Labute approximate surface area is 122 Å². The molecule has 3 rings (SSSR count). The maximum absolute atomic E-state index is 6.16. The van der Waals surface area contributed by atoms with Crippen molar-refractivity contribution in [3.05, 3.63) is 30.6 Å². The predicted molar refractivity (Wildman–Crippen MR) is 80.1 cm³/mol. The van der Waals surface area contributed by atoms with Gasteiger partial charge in [-0.1, -0.05) is 0 Å². The Balaban J connectivity index is 1.91. The maximum Gasteiger partial charge on any atom is 0.324 e. The number of pyridine rings is 2. The predicted octanol–water partition coefficient (Wildman–Crippen LogP) is 1.48. The van der Waals surface area contributed by atoms with Crippen LogP contribution in [0.5, 0.6) is 5.88 Å². The molecule has 108 valence electrons. The molecule has 2 aromatic rings. The number of methoxy groups -OCH3 is 1. The number of nitrogens with two attached hydrogens (primary N) is 1. The van der Waals surface area contributed by atoms with E-state index < -0.39 is 0 Å². The van der Waals surface area contributed by atoms with Gasteiger partial charge in [0.15, 0.2) is 0 Å². The molecule has 0 unspecified atom stereocenters. The third-order valence-electron chi connectivity index (χ3n) is 3.36. The highest BCUT2D eigenvalue weighted by Gasteiger charge is 2.16. The summed E-state index contributed by atoms with van der Waals surface area (Å²) in [5.41, 5.74) is 8.61. The van der Waals surface area contributed by atoms with Crippen LogP contribution in [0.15, 0.2) is 30.6 Å². The average Bonchev–Trinajstić information content (AvgIpc) is 2.56. The van der Waals surface area contributed by atoms with Crippen LogP contribution in [0.3, 0.4) is 0 Å². The molecule has 1 aliphatic rings. The lowest BCUT2D eigenvalue weighted by atomic mass is 10.1. The summed E-state index contributed by atoms with van der Waals surface area (Å²) in [6, 6.07) is 5.60. The highest BCUT2D eigenvalue weighted by Crippen LogP contribution is 2.28. The third-order valence-corrected chi connectivity index (χ3v) is 3.36. The van der Waals surface area contributed by atoms with Gasteiger partial charge in [0.25, 0.3) is 0 Å². The monoisotopic (exact) mass is 285 g/mol. The van der Waals surface area contributed by atoms with Gasteiger partial charge in [-0.2, -0.15) is 0 Å². The summed E-state index contributed by atoms with van der Waals surface area (Å²) in [6.07, 6.45) is 5.48. The molecule has 0 aliphatic carbocycles. The normalized spacial score (nSPS) is 14.6. The summed E-state index contributed by atoms with van der Waals surface area (Å²) in [5, 5.41) is 0. The molecule has 6 heteroatoms. The summed E-state index contributed by atoms with van der Waals surface area (Å²) in [6.45, 7) is 2.09. The number of nitrogen functional groups attached to an aromatic ring is 1. The highest BCUT2D eigenvalue weighted by molar-refractivity contribution is 5.76. The van der Waals surface area contributed by atoms with Gasteiger partial charge in [-0.3, -0.25) is 0 Å². The van der Waals surface area contributed by atoms with Gasteiger partial charge in [0, 0.05) is 17.8 Å². The van der Waals surface area contributed by atoms with Crippen molar-refractivity contribution in [2.24, 2.45) is 0 Å². The van der Waals surface area contributed by atoms with Crippen molar-refractivity contribution in [3.63, 3.8) is 0 Å². The minimum absolute atomic E-state index is 0.574. The Kier molecular flexibility index (Phi) is 3.79. The van der Waals surface area contributed by atoms with E-state index in [2.05, 4.69) is 14.5 Å². The third kappa shape index (κ3) is 2.85. The van der Waals surface area contributed by atoms with Gasteiger partial charge >= 0.3 is 5.82 Å². The summed E-state index contributed by atoms with van der Waals surface area (Å²) in [4.78, 5) is 8.67. The van der Waals surface area contributed by atoms with E-state index in [1.807, 2.05) is 18.3 Å². The first-order chi connectivity index (χ1) is 10.3. The first-order valence-electron chi connectivity index (χ1n) is 6.71. The number of hydrogen-bond acceptors (Lipinski definition) is 5. The Hall–Kier alpha value is -2.47. The van der Waals surface area contributed by atoms with Gasteiger partial charge < -0.3 is 15.2 Å². The number of ether oxygens (including phenoxy) is 2. The number of nitrogens with zero attached hydrogens (tertiary/aromatic N) is 3. The Morgan fingerprint density at radius 1 is 1.29 bits per heavy atom. The minimum Gasteiger partial charge on any atom is -0.481 e. The number of aromatic nitrogens is 2. The van der Waals surface area contributed by atoms with Crippen LogP contribution in [-0.2, 0) is 4.74 Å². The van der Waals surface area contributed by atoms with Crippen molar-refractivity contribution in [1.82, 2.24) is 9.97 Å². The van der Waals surface area contributed by atoms with Crippen molar-refractivity contribution in [3.8, 4) is 17.0 Å². The van der Waals surface area contributed by atoms with E-state index in [1.165, 1.54) is 0 Å². The molecule has 0 bridgehead atoms.